The number of hydrogen-bond donors (Lipinski definition) is 3. The lowest BCUT2D eigenvalue weighted by molar-refractivity contribution is 0.240. The quantitative estimate of drug-likeness (QED) is 0.803. The van der Waals surface area contributed by atoms with Gasteiger partial charge in [-0.05, 0) is 44.5 Å². The minimum absolute atomic E-state index is 0.168. The Hall–Kier alpha value is -2.63. The van der Waals surface area contributed by atoms with Gasteiger partial charge in [0.25, 0.3) is 5.56 Å². The SMILES string of the molecule is Cc1cccc(CNC(=O)NCc2c(C)cc(C)[nH]c2=O)n1. The van der Waals surface area contributed by atoms with Crippen LogP contribution in [0.2, 0.25) is 0 Å². The molecule has 0 bridgehead atoms. The number of aromatic nitrogens is 2. The summed E-state index contributed by atoms with van der Waals surface area (Å²) in [5, 5.41) is 5.41. The van der Waals surface area contributed by atoms with E-state index in [0.717, 1.165) is 22.6 Å². The smallest absolute Gasteiger partial charge is 0.315 e. The highest BCUT2D eigenvalue weighted by Gasteiger charge is 2.07. The molecule has 22 heavy (non-hydrogen) atoms. The van der Waals surface area contributed by atoms with E-state index in [9.17, 15) is 9.59 Å². The van der Waals surface area contributed by atoms with Crippen LogP contribution in [0.25, 0.3) is 0 Å². The first kappa shape index (κ1) is 15.8. The van der Waals surface area contributed by atoms with Crippen molar-refractivity contribution in [3.05, 3.63) is 62.8 Å². The summed E-state index contributed by atoms with van der Waals surface area (Å²) in [4.78, 5) is 30.7. The lowest BCUT2D eigenvalue weighted by Crippen LogP contribution is -2.36. The maximum atomic E-state index is 11.9. The van der Waals surface area contributed by atoms with E-state index in [0.29, 0.717) is 12.1 Å². The summed E-state index contributed by atoms with van der Waals surface area (Å²) in [5.41, 5.74) is 3.76. The van der Waals surface area contributed by atoms with E-state index in [-0.39, 0.29) is 18.1 Å². The van der Waals surface area contributed by atoms with Gasteiger partial charge in [0.15, 0.2) is 0 Å². The van der Waals surface area contributed by atoms with Gasteiger partial charge in [-0.3, -0.25) is 9.78 Å². The molecule has 2 heterocycles. The van der Waals surface area contributed by atoms with Crippen molar-refractivity contribution in [1.29, 1.82) is 0 Å². The highest BCUT2D eigenvalue weighted by Crippen LogP contribution is 2.03. The number of nitrogens with zero attached hydrogens (tertiary/aromatic N) is 1. The number of carbonyl (C=O) groups is 1. The standard InChI is InChI=1S/C16H20N4O2/c1-10-7-12(3)20-15(21)14(10)9-18-16(22)17-8-13-6-4-5-11(2)19-13/h4-7H,8-9H2,1-3H3,(H,20,21)(H2,17,18,22). The highest BCUT2D eigenvalue weighted by molar-refractivity contribution is 5.73. The zero-order valence-corrected chi connectivity index (χ0v) is 13.0. The second-order valence-corrected chi connectivity index (χ2v) is 5.25. The van der Waals surface area contributed by atoms with Crippen molar-refractivity contribution in [2.45, 2.75) is 33.9 Å². The minimum atomic E-state index is -0.331. The molecule has 0 saturated carbocycles. The molecule has 2 aromatic rings. The van der Waals surface area contributed by atoms with E-state index in [2.05, 4.69) is 20.6 Å². The average Bonchev–Trinajstić information content (AvgIpc) is 2.44. The van der Waals surface area contributed by atoms with Crippen LogP contribution < -0.4 is 16.2 Å². The molecule has 0 aliphatic rings. The van der Waals surface area contributed by atoms with E-state index in [4.69, 9.17) is 0 Å². The second-order valence-electron chi connectivity index (χ2n) is 5.25. The largest absolute Gasteiger partial charge is 0.334 e. The maximum Gasteiger partial charge on any atom is 0.315 e. The van der Waals surface area contributed by atoms with Gasteiger partial charge < -0.3 is 15.6 Å². The molecule has 3 N–H and O–H groups in total. The third-order valence-corrected chi connectivity index (χ3v) is 3.30. The molecule has 2 amide bonds. The monoisotopic (exact) mass is 300 g/mol. The molecule has 0 unspecified atom stereocenters. The summed E-state index contributed by atoms with van der Waals surface area (Å²) in [6.45, 7) is 6.11. The van der Waals surface area contributed by atoms with Crippen molar-refractivity contribution in [3.8, 4) is 0 Å². The van der Waals surface area contributed by atoms with E-state index >= 15 is 0 Å². The molecular formula is C16H20N4O2. The predicted octanol–water partition coefficient (Wildman–Crippen LogP) is 1.69. The van der Waals surface area contributed by atoms with Gasteiger partial charge >= 0.3 is 6.03 Å². The first-order valence-electron chi connectivity index (χ1n) is 7.09. The third kappa shape index (κ3) is 4.18. The predicted molar refractivity (Wildman–Crippen MR) is 84.6 cm³/mol. The van der Waals surface area contributed by atoms with Crippen LogP contribution in [0.5, 0.6) is 0 Å². The van der Waals surface area contributed by atoms with E-state index in [1.807, 2.05) is 45.0 Å². The van der Waals surface area contributed by atoms with Gasteiger partial charge in [-0.15, -0.1) is 0 Å². The molecule has 0 radical (unpaired) electrons. The third-order valence-electron chi connectivity index (χ3n) is 3.30. The molecule has 0 aliphatic heterocycles. The van der Waals surface area contributed by atoms with Crippen LogP contribution in [0.1, 0.15) is 28.2 Å². The lowest BCUT2D eigenvalue weighted by Gasteiger charge is -2.09. The summed E-state index contributed by atoms with van der Waals surface area (Å²) in [7, 11) is 0. The molecule has 6 nitrogen and oxygen atoms in total. The number of nitrogens with one attached hydrogen (secondary N) is 3. The molecule has 116 valence electrons. The Bertz CT molecular complexity index is 737. The normalized spacial score (nSPS) is 10.3. The van der Waals surface area contributed by atoms with Crippen molar-refractivity contribution >= 4 is 6.03 Å². The Morgan fingerprint density at radius 2 is 1.91 bits per heavy atom. The molecule has 0 aromatic carbocycles. The van der Waals surface area contributed by atoms with Gasteiger partial charge in [-0.2, -0.15) is 0 Å². The molecule has 0 saturated heterocycles. The van der Waals surface area contributed by atoms with Gasteiger partial charge in [-0.25, -0.2) is 4.79 Å². The fraction of sp³-hybridized carbons (Fsp3) is 0.312. The number of pyridine rings is 2. The Morgan fingerprint density at radius 1 is 1.18 bits per heavy atom. The van der Waals surface area contributed by atoms with Crippen LogP contribution in [0.4, 0.5) is 4.79 Å². The molecule has 6 heteroatoms. The number of rotatable bonds is 4. The summed E-state index contributed by atoms with van der Waals surface area (Å²) < 4.78 is 0. The summed E-state index contributed by atoms with van der Waals surface area (Å²) >= 11 is 0. The van der Waals surface area contributed by atoms with Gasteiger partial charge in [0.05, 0.1) is 18.8 Å². The van der Waals surface area contributed by atoms with Gasteiger partial charge in [0.2, 0.25) is 0 Å². The van der Waals surface area contributed by atoms with Crippen molar-refractivity contribution in [2.24, 2.45) is 0 Å². The zero-order valence-electron chi connectivity index (χ0n) is 13.0. The fourth-order valence-corrected chi connectivity index (χ4v) is 2.20. The van der Waals surface area contributed by atoms with Crippen LogP contribution in [0, 0.1) is 20.8 Å². The molecule has 2 aromatic heterocycles. The molecular weight excluding hydrogens is 280 g/mol. The number of aromatic amines is 1. The molecule has 0 atom stereocenters. The molecule has 0 spiro atoms. The van der Waals surface area contributed by atoms with Gasteiger partial charge in [0.1, 0.15) is 0 Å². The van der Waals surface area contributed by atoms with Crippen molar-refractivity contribution < 1.29 is 4.79 Å². The number of H-pyrrole nitrogens is 1. The lowest BCUT2D eigenvalue weighted by atomic mass is 10.1. The molecule has 0 aliphatic carbocycles. The van der Waals surface area contributed by atoms with Crippen LogP contribution in [-0.4, -0.2) is 16.0 Å². The zero-order chi connectivity index (χ0) is 16.1. The first-order valence-corrected chi connectivity index (χ1v) is 7.09. The Balaban J connectivity index is 1.90. The number of aryl methyl sites for hydroxylation is 3. The number of hydrogen-bond acceptors (Lipinski definition) is 3. The van der Waals surface area contributed by atoms with Crippen molar-refractivity contribution in [2.75, 3.05) is 0 Å². The van der Waals surface area contributed by atoms with Crippen molar-refractivity contribution in [1.82, 2.24) is 20.6 Å². The van der Waals surface area contributed by atoms with Crippen molar-refractivity contribution in [3.63, 3.8) is 0 Å². The molecule has 0 fully saturated rings. The number of amides is 2. The van der Waals surface area contributed by atoms with Gasteiger partial charge in [-0.1, -0.05) is 6.07 Å². The van der Waals surface area contributed by atoms with E-state index in [1.165, 1.54) is 0 Å². The van der Waals surface area contributed by atoms with Crippen LogP contribution in [0.15, 0.2) is 29.1 Å². The summed E-state index contributed by atoms with van der Waals surface area (Å²) in [5.74, 6) is 0. The van der Waals surface area contributed by atoms with E-state index in [1.54, 1.807) is 0 Å². The van der Waals surface area contributed by atoms with Crippen LogP contribution in [-0.2, 0) is 13.1 Å². The fourth-order valence-electron chi connectivity index (χ4n) is 2.20. The highest BCUT2D eigenvalue weighted by atomic mass is 16.2. The Kier molecular flexibility index (Phi) is 4.93. The second kappa shape index (κ2) is 6.89. The van der Waals surface area contributed by atoms with Gasteiger partial charge in [0, 0.05) is 17.0 Å². The van der Waals surface area contributed by atoms with Crippen LogP contribution >= 0.6 is 0 Å². The summed E-state index contributed by atoms with van der Waals surface area (Å²) in [6, 6.07) is 7.19. The topological polar surface area (TPSA) is 86.9 Å². The average molecular weight is 300 g/mol. The number of carbonyl (C=O) groups excluding carboxylic acids is 1. The molecule has 2 rings (SSSR count). The summed E-state index contributed by atoms with van der Waals surface area (Å²) in [6.07, 6.45) is 0. The minimum Gasteiger partial charge on any atom is -0.334 e. The van der Waals surface area contributed by atoms with Crippen LogP contribution in [0.3, 0.4) is 0 Å². The van der Waals surface area contributed by atoms with E-state index < -0.39 is 0 Å². The Labute approximate surface area is 129 Å². The number of urea groups is 1. The maximum absolute atomic E-state index is 11.9. The Morgan fingerprint density at radius 3 is 2.59 bits per heavy atom. The first-order chi connectivity index (χ1) is 10.5.